The number of aryl methyl sites for hydroxylation is 2. The number of anilines is 1. The first-order valence-electron chi connectivity index (χ1n) is 8.12. The number of nitrogens with zero attached hydrogens (tertiary/aromatic N) is 2. The first-order chi connectivity index (χ1) is 12.0. The molecule has 0 aliphatic carbocycles. The van der Waals surface area contributed by atoms with Gasteiger partial charge in [-0.15, -0.1) is 11.3 Å². The molecule has 0 saturated carbocycles. The Labute approximate surface area is 150 Å². The van der Waals surface area contributed by atoms with Crippen LogP contribution in [0.5, 0.6) is 5.75 Å². The number of nitrogen functional groups attached to an aromatic ring is 1. The second-order valence-electron chi connectivity index (χ2n) is 5.94. The Hall–Kier alpha value is -2.54. The monoisotopic (exact) mass is 358 g/mol. The molecule has 0 aliphatic heterocycles. The third-order valence-corrected chi connectivity index (χ3v) is 5.11. The molecule has 6 nitrogen and oxygen atoms in total. The Bertz CT molecular complexity index is 913. The number of hydrogen-bond donors (Lipinski definition) is 2. The van der Waals surface area contributed by atoms with Gasteiger partial charge in [-0.3, -0.25) is 4.79 Å². The van der Waals surface area contributed by atoms with E-state index in [1.54, 1.807) is 7.11 Å². The standard InChI is InChI=1S/C18H22N4O2S/c1-11-16(14-9-13(24-3)6-7-15(14)22(11)2)17(23)20-8-4-5-12-10-25-18(19)21-12/h6-7,9-10H,4-5,8H2,1-3H3,(H2,19,21)(H,20,23). The predicted octanol–water partition coefficient (Wildman–Crippen LogP) is 2.90. The summed E-state index contributed by atoms with van der Waals surface area (Å²) in [4.78, 5) is 16.9. The number of thiazole rings is 1. The zero-order valence-corrected chi connectivity index (χ0v) is 15.4. The number of fused-ring (bicyclic) bond motifs is 1. The fourth-order valence-electron chi connectivity index (χ4n) is 2.96. The minimum Gasteiger partial charge on any atom is -0.497 e. The lowest BCUT2D eigenvalue weighted by atomic mass is 10.1. The average molecular weight is 358 g/mol. The van der Waals surface area contributed by atoms with Crippen LogP contribution in [0.2, 0.25) is 0 Å². The van der Waals surface area contributed by atoms with Gasteiger partial charge < -0.3 is 20.4 Å². The number of hydrogen-bond acceptors (Lipinski definition) is 5. The van der Waals surface area contributed by atoms with Crippen molar-refractivity contribution in [2.45, 2.75) is 19.8 Å². The summed E-state index contributed by atoms with van der Waals surface area (Å²) in [5.74, 6) is 0.683. The van der Waals surface area contributed by atoms with Crippen molar-refractivity contribution < 1.29 is 9.53 Å². The van der Waals surface area contributed by atoms with Crippen molar-refractivity contribution in [2.75, 3.05) is 19.4 Å². The molecule has 0 fully saturated rings. The number of carbonyl (C=O) groups is 1. The molecule has 0 atom stereocenters. The zero-order chi connectivity index (χ0) is 18.0. The van der Waals surface area contributed by atoms with E-state index in [9.17, 15) is 4.79 Å². The van der Waals surface area contributed by atoms with Gasteiger partial charge in [-0.25, -0.2) is 4.98 Å². The number of amides is 1. The summed E-state index contributed by atoms with van der Waals surface area (Å²) in [5, 5.41) is 6.46. The van der Waals surface area contributed by atoms with Gasteiger partial charge in [0, 0.05) is 35.6 Å². The van der Waals surface area contributed by atoms with E-state index in [0.29, 0.717) is 17.2 Å². The Morgan fingerprint density at radius 2 is 2.24 bits per heavy atom. The fraction of sp³-hybridized carbons (Fsp3) is 0.333. The van der Waals surface area contributed by atoms with Gasteiger partial charge in [0.2, 0.25) is 0 Å². The minimum atomic E-state index is -0.0610. The van der Waals surface area contributed by atoms with E-state index in [1.165, 1.54) is 11.3 Å². The van der Waals surface area contributed by atoms with Crippen LogP contribution in [-0.2, 0) is 13.5 Å². The minimum absolute atomic E-state index is 0.0610. The van der Waals surface area contributed by atoms with Gasteiger partial charge in [0.05, 0.1) is 18.4 Å². The second-order valence-corrected chi connectivity index (χ2v) is 6.83. The lowest BCUT2D eigenvalue weighted by Gasteiger charge is -2.06. The molecule has 25 heavy (non-hydrogen) atoms. The number of aromatic nitrogens is 2. The molecule has 1 aromatic carbocycles. The Morgan fingerprint density at radius 3 is 2.92 bits per heavy atom. The largest absolute Gasteiger partial charge is 0.497 e. The maximum Gasteiger partial charge on any atom is 0.253 e. The Kier molecular flexibility index (Phi) is 4.94. The van der Waals surface area contributed by atoms with Crippen LogP contribution in [0.25, 0.3) is 10.9 Å². The van der Waals surface area contributed by atoms with Crippen LogP contribution in [0.3, 0.4) is 0 Å². The van der Waals surface area contributed by atoms with Crippen LogP contribution in [-0.4, -0.2) is 29.1 Å². The number of benzene rings is 1. The second kappa shape index (κ2) is 7.14. The summed E-state index contributed by atoms with van der Waals surface area (Å²) in [6, 6.07) is 5.79. The van der Waals surface area contributed by atoms with E-state index in [4.69, 9.17) is 10.5 Å². The van der Waals surface area contributed by atoms with Crippen molar-refractivity contribution >= 4 is 33.3 Å². The number of carbonyl (C=O) groups excluding carboxylic acids is 1. The fourth-order valence-corrected chi connectivity index (χ4v) is 3.56. The molecule has 3 aromatic rings. The zero-order valence-electron chi connectivity index (χ0n) is 14.6. The molecule has 0 aliphatic rings. The third kappa shape index (κ3) is 3.46. The van der Waals surface area contributed by atoms with Crippen LogP contribution in [0.4, 0.5) is 5.13 Å². The smallest absolute Gasteiger partial charge is 0.253 e. The summed E-state index contributed by atoms with van der Waals surface area (Å²) in [6.45, 7) is 2.55. The van der Waals surface area contributed by atoms with Gasteiger partial charge >= 0.3 is 0 Å². The van der Waals surface area contributed by atoms with Gasteiger partial charge in [0.1, 0.15) is 5.75 Å². The summed E-state index contributed by atoms with van der Waals surface area (Å²) in [6.07, 6.45) is 1.62. The van der Waals surface area contributed by atoms with Gasteiger partial charge in [0.25, 0.3) is 5.91 Å². The van der Waals surface area contributed by atoms with E-state index in [1.807, 2.05) is 42.1 Å². The molecule has 3 rings (SSSR count). The van der Waals surface area contributed by atoms with Crippen molar-refractivity contribution in [1.82, 2.24) is 14.9 Å². The number of methoxy groups -OCH3 is 1. The topological polar surface area (TPSA) is 82.2 Å². The molecule has 3 N–H and O–H groups in total. The summed E-state index contributed by atoms with van der Waals surface area (Å²) < 4.78 is 7.33. The molecule has 0 bridgehead atoms. The van der Waals surface area contributed by atoms with Gasteiger partial charge in [0.15, 0.2) is 5.13 Å². The van der Waals surface area contributed by atoms with E-state index in [-0.39, 0.29) is 5.91 Å². The molecule has 0 radical (unpaired) electrons. The lowest BCUT2D eigenvalue weighted by Crippen LogP contribution is -2.25. The molecule has 0 saturated heterocycles. The maximum absolute atomic E-state index is 12.7. The summed E-state index contributed by atoms with van der Waals surface area (Å²) >= 11 is 1.44. The first kappa shape index (κ1) is 17.3. The Morgan fingerprint density at radius 1 is 1.44 bits per heavy atom. The van der Waals surface area contributed by atoms with Crippen LogP contribution < -0.4 is 15.8 Å². The molecule has 1 amide bonds. The SMILES string of the molecule is COc1ccc2c(c1)c(C(=O)NCCCc1csc(N)n1)c(C)n2C. The molecule has 0 spiro atoms. The highest BCUT2D eigenvalue weighted by atomic mass is 32.1. The van der Waals surface area contributed by atoms with E-state index in [0.717, 1.165) is 40.9 Å². The highest BCUT2D eigenvalue weighted by Crippen LogP contribution is 2.28. The molecule has 132 valence electrons. The van der Waals surface area contributed by atoms with Crippen LogP contribution in [0, 0.1) is 6.92 Å². The van der Waals surface area contributed by atoms with Crippen molar-refractivity contribution in [3.8, 4) is 5.75 Å². The van der Waals surface area contributed by atoms with E-state index >= 15 is 0 Å². The summed E-state index contributed by atoms with van der Waals surface area (Å²) in [5.41, 5.74) is 9.26. The van der Waals surface area contributed by atoms with E-state index < -0.39 is 0 Å². The maximum atomic E-state index is 12.7. The Balaban J connectivity index is 1.72. The van der Waals surface area contributed by atoms with Crippen molar-refractivity contribution in [1.29, 1.82) is 0 Å². The molecule has 2 aromatic heterocycles. The molecular formula is C18H22N4O2S. The normalized spacial score (nSPS) is 11.0. The highest BCUT2D eigenvalue weighted by molar-refractivity contribution is 7.13. The number of ether oxygens (including phenoxy) is 1. The van der Waals surface area contributed by atoms with Crippen LogP contribution in [0.1, 0.15) is 28.2 Å². The van der Waals surface area contributed by atoms with Crippen LogP contribution in [0.15, 0.2) is 23.6 Å². The highest BCUT2D eigenvalue weighted by Gasteiger charge is 2.18. The molecule has 0 unspecified atom stereocenters. The number of nitrogens with two attached hydrogens (primary N) is 1. The molecular weight excluding hydrogens is 336 g/mol. The van der Waals surface area contributed by atoms with Crippen LogP contribution >= 0.6 is 11.3 Å². The van der Waals surface area contributed by atoms with Crippen molar-refractivity contribution in [2.24, 2.45) is 7.05 Å². The van der Waals surface area contributed by atoms with Crippen molar-refractivity contribution in [3.63, 3.8) is 0 Å². The van der Waals surface area contributed by atoms with Gasteiger partial charge in [-0.05, 0) is 38.0 Å². The number of nitrogens with one attached hydrogen (secondary N) is 1. The molecule has 7 heteroatoms. The van der Waals surface area contributed by atoms with Crippen molar-refractivity contribution in [3.05, 3.63) is 40.5 Å². The predicted molar refractivity (Wildman–Crippen MR) is 101 cm³/mol. The first-order valence-corrected chi connectivity index (χ1v) is 9.00. The van der Waals surface area contributed by atoms with Gasteiger partial charge in [-0.2, -0.15) is 0 Å². The third-order valence-electron chi connectivity index (χ3n) is 4.39. The number of rotatable bonds is 6. The lowest BCUT2D eigenvalue weighted by molar-refractivity contribution is 0.0954. The average Bonchev–Trinajstić information content (AvgIpc) is 3.13. The molecule has 2 heterocycles. The quantitative estimate of drug-likeness (QED) is 0.664. The summed E-state index contributed by atoms with van der Waals surface area (Å²) in [7, 11) is 3.59. The van der Waals surface area contributed by atoms with Gasteiger partial charge in [-0.1, -0.05) is 0 Å². The van der Waals surface area contributed by atoms with E-state index in [2.05, 4.69) is 10.3 Å².